The number of amides is 2. The van der Waals surface area contributed by atoms with Crippen LogP contribution >= 0.6 is 34.8 Å². The molecule has 2 amide bonds. The zero-order valence-corrected chi connectivity index (χ0v) is 24.9. The molecule has 0 heterocycles. The van der Waals surface area contributed by atoms with Crippen molar-refractivity contribution >= 4 is 62.3 Å². The van der Waals surface area contributed by atoms with Gasteiger partial charge in [-0.25, -0.2) is 8.42 Å². The van der Waals surface area contributed by atoms with E-state index in [0.29, 0.717) is 17.1 Å². The Balaban J connectivity index is 2.06. The van der Waals surface area contributed by atoms with Crippen LogP contribution in [0.4, 0.5) is 5.69 Å². The lowest BCUT2D eigenvalue weighted by atomic mass is 10.1. The van der Waals surface area contributed by atoms with Crippen LogP contribution in [0.3, 0.4) is 0 Å². The maximum Gasteiger partial charge on any atom is 0.264 e. The first kappa shape index (κ1) is 30.8. The van der Waals surface area contributed by atoms with Crippen molar-refractivity contribution in [2.45, 2.75) is 44.7 Å². The number of rotatable bonds is 11. The molecule has 0 aliphatic rings. The number of anilines is 1. The molecule has 1 atom stereocenters. The summed E-state index contributed by atoms with van der Waals surface area (Å²) in [4.78, 5) is 28.1. The molecule has 0 spiro atoms. The van der Waals surface area contributed by atoms with Gasteiger partial charge in [-0.1, -0.05) is 77.6 Å². The van der Waals surface area contributed by atoms with E-state index < -0.39 is 28.5 Å². The topological polar surface area (TPSA) is 86.8 Å². The summed E-state index contributed by atoms with van der Waals surface area (Å²) in [6.07, 6.45) is 0.717. The highest BCUT2D eigenvalue weighted by atomic mass is 35.5. The van der Waals surface area contributed by atoms with E-state index in [-0.39, 0.29) is 33.1 Å². The van der Waals surface area contributed by atoms with Crippen LogP contribution in [-0.4, -0.2) is 44.3 Å². The van der Waals surface area contributed by atoms with Gasteiger partial charge in [-0.15, -0.1) is 0 Å². The molecule has 0 saturated carbocycles. The summed E-state index contributed by atoms with van der Waals surface area (Å²) in [6.45, 7) is 5.17. The zero-order valence-electron chi connectivity index (χ0n) is 21.8. The minimum atomic E-state index is -4.23. The molecule has 7 nitrogen and oxygen atoms in total. The van der Waals surface area contributed by atoms with Crippen LogP contribution in [0.1, 0.15) is 31.4 Å². The Labute approximate surface area is 244 Å². The van der Waals surface area contributed by atoms with Crippen LogP contribution in [0.25, 0.3) is 0 Å². The van der Waals surface area contributed by atoms with Gasteiger partial charge in [-0.05, 0) is 62.2 Å². The number of halogens is 3. The number of hydrogen-bond donors (Lipinski definition) is 1. The van der Waals surface area contributed by atoms with Gasteiger partial charge in [0.05, 0.1) is 10.6 Å². The van der Waals surface area contributed by atoms with E-state index >= 15 is 0 Å². The molecular formula is C28H30Cl3N3O4S. The van der Waals surface area contributed by atoms with Gasteiger partial charge >= 0.3 is 0 Å². The Morgan fingerprint density at radius 3 is 2.15 bits per heavy atom. The molecule has 0 bridgehead atoms. The number of sulfonamides is 1. The van der Waals surface area contributed by atoms with Crippen LogP contribution < -0.4 is 9.62 Å². The number of benzene rings is 3. The molecule has 0 unspecified atom stereocenters. The van der Waals surface area contributed by atoms with Crippen molar-refractivity contribution in [1.82, 2.24) is 10.2 Å². The molecular weight excluding hydrogens is 581 g/mol. The summed E-state index contributed by atoms with van der Waals surface area (Å²) >= 11 is 18.8. The molecule has 0 radical (unpaired) electrons. The Bertz CT molecular complexity index is 1410. The van der Waals surface area contributed by atoms with Crippen molar-refractivity contribution in [3.8, 4) is 0 Å². The van der Waals surface area contributed by atoms with Gasteiger partial charge in [0.1, 0.15) is 12.6 Å². The van der Waals surface area contributed by atoms with Crippen LogP contribution in [0.5, 0.6) is 0 Å². The van der Waals surface area contributed by atoms with E-state index in [2.05, 4.69) is 5.32 Å². The van der Waals surface area contributed by atoms with E-state index in [1.165, 1.54) is 35.2 Å². The Morgan fingerprint density at radius 2 is 1.56 bits per heavy atom. The molecule has 0 aliphatic carbocycles. The number of carbonyl (C=O) groups is 2. The van der Waals surface area contributed by atoms with Gasteiger partial charge < -0.3 is 10.2 Å². The molecule has 0 fully saturated rings. The number of nitrogens with one attached hydrogen (secondary N) is 1. The summed E-state index contributed by atoms with van der Waals surface area (Å²) in [7, 11) is -4.23. The Kier molecular flexibility index (Phi) is 10.7. The lowest BCUT2D eigenvalue weighted by Crippen LogP contribution is -2.51. The summed E-state index contributed by atoms with van der Waals surface area (Å²) in [5.41, 5.74) is 1.60. The van der Waals surface area contributed by atoms with Gasteiger partial charge in [0, 0.05) is 28.2 Å². The monoisotopic (exact) mass is 609 g/mol. The second-order valence-corrected chi connectivity index (χ2v) is 12.2. The van der Waals surface area contributed by atoms with E-state index in [4.69, 9.17) is 34.8 Å². The number of aryl methyl sites for hydroxylation is 1. The van der Waals surface area contributed by atoms with Gasteiger partial charge in [0.15, 0.2) is 0 Å². The van der Waals surface area contributed by atoms with Crippen LogP contribution in [-0.2, 0) is 26.2 Å². The van der Waals surface area contributed by atoms with Crippen molar-refractivity contribution < 1.29 is 18.0 Å². The summed E-state index contributed by atoms with van der Waals surface area (Å²) in [5, 5.41) is 3.62. The first-order valence-corrected chi connectivity index (χ1v) is 14.9. The first-order chi connectivity index (χ1) is 18.4. The molecule has 3 aromatic rings. The van der Waals surface area contributed by atoms with Gasteiger partial charge in [0.2, 0.25) is 11.8 Å². The summed E-state index contributed by atoms with van der Waals surface area (Å²) in [6, 6.07) is 16.6. The standard InChI is InChI=1S/C28H30Cl3N3O4S/c1-4-13-32-28(36)20(3)33(17-21-7-5-6-8-26(21)31)27(35)18-34(24-15-22(29)14-23(30)16-24)39(37,38)25-11-9-19(2)10-12-25/h5-12,14-16,20H,4,13,17-18H2,1-3H3,(H,32,36)/t20-/m1/s1. The third kappa shape index (κ3) is 7.88. The smallest absolute Gasteiger partial charge is 0.264 e. The van der Waals surface area contributed by atoms with Crippen molar-refractivity contribution in [2.75, 3.05) is 17.4 Å². The molecule has 0 saturated heterocycles. The average molecular weight is 611 g/mol. The summed E-state index contributed by atoms with van der Waals surface area (Å²) < 4.78 is 28.7. The molecule has 3 aromatic carbocycles. The Hall–Kier alpha value is -2.78. The first-order valence-electron chi connectivity index (χ1n) is 12.3. The minimum absolute atomic E-state index is 0.00601. The number of nitrogens with zero attached hydrogens (tertiary/aromatic N) is 2. The maximum absolute atomic E-state index is 13.9. The van der Waals surface area contributed by atoms with Crippen molar-refractivity contribution in [2.24, 2.45) is 0 Å². The normalized spacial score (nSPS) is 12.1. The second-order valence-electron chi connectivity index (χ2n) is 9.03. The third-order valence-corrected chi connectivity index (χ3v) is 8.63. The zero-order chi connectivity index (χ0) is 28.7. The van der Waals surface area contributed by atoms with Gasteiger partial charge in [0.25, 0.3) is 10.0 Å². The van der Waals surface area contributed by atoms with Crippen molar-refractivity contribution in [3.05, 3.63) is 92.9 Å². The number of carbonyl (C=O) groups excluding carboxylic acids is 2. The average Bonchev–Trinajstić information content (AvgIpc) is 2.89. The van der Waals surface area contributed by atoms with E-state index in [0.717, 1.165) is 16.3 Å². The molecule has 0 aromatic heterocycles. The molecule has 208 valence electrons. The van der Waals surface area contributed by atoms with Crippen molar-refractivity contribution in [1.29, 1.82) is 0 Å². The molecule has 1 N–H and O–H groups in total. The SMILES string of the molecule is CCCNC(=O)[C@@H](C)N(Cc1ccccc1Cl)C(=O)CN(c1cc(Cl)cc(Cl)c1)S(=O)(=O)c1ccc(C)cc1. The highest BCUT2D eigenvalue weighted by Gasteiger charge is 2.33. The lowest BCUT2D eigenvalue weighted by Gasteiger charge is -2.32. The largest absolute Gasteiger partial charge is 0.354 e. The predicted molar refractivity (Wildman–Crippen MR) is 157 cm³/mol. The van der Waals surface area contributed by atoms with E-state index in [9.17, 15) is 18.0 Å². The van der Waals surface area contributed by atoms with Crippen LogP contribution in [0.2, 0.25) is 15.1 Å². The fourth-order valence-corrected chi connectivity index (χ4v) is 5.95. The van der Waals surface area contributed by atoms with E-state index in [1.807, 2.05) is 13.8 Å². The molecule has 11 heteroatoms. The Morgan fingerprint density at radius 1 is 0.949 bits per heavy atom. The van der Waals surface area contributed by atoms with Gasteiger partial charge in [-0.2, -0.15) is 0 Å². The predicted octanol–water partition coefficient (Wildman–Crippen LogP) is 6.09. The molecule has 0 aliphatic heterocycles. The molecule has 3 rings (SSSR count). The quantitative estimate of drug-likeness (QED) is 0.285. The molecule has 39 heavy (non-hydrogen) atoms. The van der Waals surface area contributed by atoms with Gasteiger partial charge in [-0.3, -0.25) is 13.9 Å². The highest BCUT2D eigenvalue weighted by Crippen LogP contribution is 2.30. The highest BCUT2D eigenvalue weighted by molar-refractivity contribution is 7.92. The van der Waals surface area contributed by atoms with E-state index in [1.54, 1.807) is 43.3 Å². The minimum Gasteiger partial charge on any atom is -0.354 e. The fourth-order valence-electron chi connectivity index (χ4n) is 3.84. The van der Waals surface area contributed by atoms with Crippen molar-refractivity contribution in [3.63, 3.8) is 0 Å². The maximum atomic E-state index is 13.9. The second kappa shape index (κ2) is 13.5. The van der Waals surface area contributed by atoms with Crippen LogP contribution in [0.15, 0.2) is 71.6 Å². The summed E-state index contributed by atoms with van der Waals surface area (Å²) in [5.74, 6) is -0.975. The lowest BCUT2D eigenvalue weighted by molar-refractivity contribution is -0.139. The fraction of sp³-hybridized carbons (Fsp3) is 0.286. The third-order valence-electron chi connectivity index (χ3n) is 6.04. The number of hydrogen-bond acceptors (Lipinski definition) is 4. The van der Waals surface area contributed by atoms with Crippen LogP contribution in [0, 0.1) is 6.92 Å².